The van der Waals surface area contributed by atoms with Crippen molar-refractivity contribution in [2.24, 2.45) is 0 Å². The third-order valence-corrected chi connectivity index (χ3v) is 2.91. The van der Waals surface area contributed by atoms with Crippen LogP contribution in [0.2, 0.25) is 0 Å². The summed E-state index contributed by atoms with van der Waals surface area (Å²) in [5.41, 5.74) is 2.38. The summed E-state index contributed by atoms with van der Waals surface area (Å²) in [7, 11) is 1.69. The van der Waals surface area contributed by atoms with Crippen LogP contribution in [0.4, 0.5) is 0 Å². The maximum absolute atomic E-state index is 5.47. The second-order valence-corrected chi connectivity index (χ2v) is 4.26. The number of rotatable bonds is 5. The van der Waals surface area contributed by atoms with Gasteiger partial charge in [0, 0.05) is 11.6 Å². The molecule has 0 aliphatic heterocycles. The van der Waals surface area contributed by atoms with E-state index in [9.17, 15) is 0 Å². The number of aryl methyl sites for hydroxylation is 1. The fourth-order valence-corrected chi connectivity index (χ4v) is 1.87. The minimum Gasteiger partial charge on any atom is -0.496 e. The largest absolute Gasteiger partial charge is 0.496 e. The van der Waals surface area contributed by atoms with Crippen LogP contribution in [-0.4, -0.2) is 13.2 Å². The molecule has 1 aromatic carbocycles. The standard InChI is InChI=1S/C15H21NO/c1-6-13(7-2)16-12(4)14-10-11(3)8-9-15(14)17-5/h1,8-10,12-13,16H,7H2,2-5H3. The third kappa shape index (κ3) is 3.51. The van der Waals surface area contributed by atoms with Crippen molar-refractivity contribution in [3.05, 3.63) is 29.3 Å². The first kappa shape index (κ1) is 13.6. The number of methoxy groups -OCH3 is 1. The van der Waals surface area contributed by atoms with E-state index in [0.29, 0.717) is 0 Å². The SMILES string of the molecule is C#CC(CC)NC(C)c1cc(C)ccc1OC. The summed E-state index contributed by atoms with van der Waals surface area (Å²) >= 11 is 0. The molecule has 0 saturated heterocycles. The van der Waals surface area contributed by atoms with Gasteiger partial charge in [0.15, 0.2) is 0 Å². The predicted octanol–water partition coefficient (Wildman–Crippen LogP) is 3.07. The maximum Gasteiger partial charge on any atom is 0.123 e. The molecule has 2 nitrogen and oxygen atoms in total. The molecule has 0 amide bonds. The lowest BCUT2D eigenvalue weighted by atomic mass is 10.0. The van der Waals surface area contributed by atoms with Crippen LogP contribution >= 0.6 is 0 Å². The van der Waals surface area contributed by atoms with Gasteiger partial charge >= 0.3 is 0 Å². The van der Waals surface area contributed by atoms with E-state index in [4.69, 9.17) is 11.2 Å². The number of hydrogen-bond donors (Lipinski definition) is 1. The molecule has 1 rings (SSSR count). The molecule has 0 aromatic heterocycles. The summed E-state index contributed by atoms with van der Waals surface area (Å²) in [6.45, 7) is 6.27. The summed E-state index contributed by atoms with van der Waals surface area (Å²) in [6.07, 6.45) is 6.39. The molecule has 0 bridgehead atoms. The summed E-state index contributed by atoms with van der Waals surface area (Å²) < 4.78 is 5.38. The molecule has 2 atom stereocenters. The van der Waals surface area contributed by atoms with Crippen molar-refractivity contribution in [1.82, 2.24) is 5.32 Å². The normalized spacial score (nSPS) is 13.8. The minimum atomic E-state index is 0.107. The molecule has 2 unspecified atom stereocenters. The lowest BCUT2D eigenvalue weighted by Gasteiger charge is -2.21. The van der Waals surface area contributed by atoms with E-state index in [0.717, 1.165) is 17.7 Å². The Morgan fingerprint density at radius 1 is 1.47 bits per heavy atom. The van der Waals surface area contributed by atoms with Crippen molar-refractivity contribution in [1.29, 1.82) is 0 Å². The zero-order valence-electron chi connectivity index (χ0n) is 11.1. The lowest BCUT2D eigenvalue weighted by molar-refractivity contribution is 0.398. The third-order valence-electron chi connectivity index (χ3n) is 2.91. The highest BCUT2D eigenvalue weighted by molar-refractivity contribution is 5.39. The van der Waals surface area contributed by atoms with E-state index in [1.165, 1.54) is 5.56 Å². The van der Waals surface area contributed by atoms with E-state index in [-0.39, 0.29) is 12.1 Å². The fraction of sp³-hybridized carbons (Fsp3) is 0.467. The number of benzene rings is 1. The van der Waals surface area contributed by atoms with E-state index in [2.05, 4.69) is 38.1 Å². The van der Waals surface area contributed by atoms with Gasteiger partial charge in [-0.25, -0.2) is 0 Å². The highest BCUT2D eigenvalue weighted by atomic mass is 16.5. The fourth-order valence-electron chi connectivity index (χ4n) is 1.87. The second kappa shape index (κ2) is 6.32. The Kier molecular flexibility index (Phi) is 5.06. The topological polar surface area (TPSA) is 21.3 Å². The van der Waals surface area contributed by atoms with Gasteiger partial charge in [-0.1, -0.05) is 30.5 Å². The average molecular weight is 231 g/mol. The van der Waals surface area contributed by atoms with Crippen molar-refractivity contribution in [2.45, 2.75) is 39.3 Å². The Hall–Kier alpha value is -1.46. The van der Waals surface area contributed by atoms with Crippen LogP contribution in [0.15, 0.2) is 18.2 Å². The minimum absolute atomic E-state index is 0.107. The molecule has 0 heterocycles. The van der Waals surface area contributed by atoms with Crippen LogP contribution < -0.4 is 10.1 Å². The summed E-state index contributed by atoms with van der Waals surface area (Å²) in [4.78, 5) is 0. The summed E-state index contributed by atoms with van der Waals surface area (Å²) in [6, 6.07) is 6.48. The van der Waals surface area contributed by atoms with Gasteiger partial charge < -0.3 is 4.74 Å². The van der Waals surface area contributed by atoms with E-state index >= 15 is 0 Å². The van der Waals surface area contributed by atoms with Gasteiger partial charge in [-0.2, -0.15) is 0 Å². The number of nitrogens with one attached hydrogen (secondary N) is 1. The van der Waals surface area contributed by atoms with Crippen molar-refractivity contribution >= 4 is 0 Å². The van der Waals surface area contributed by atoms with Gasteiger partial charge in [-0.05, 0) is 26.3 Å². The maximum atomic E-state index is 5.47. The average Bonchev–Trinajstić information content (AvgIpc) is 2.35. The molecule has 0 saturated carbocycles. The smallest absolute Gasteiger partial charge is 0.123 e. The molecule has 0 spiro atoms. The molecule has 0 aliphatic carbocycles. The van der Waals surface area contributed by atoms with E-state index in [1.54, 1.807) is 7.11 Å². The van der Waals surface area contributed by atoms with Gasteiger partial charge in [0.2, 0.25) is 0 Å². The Morgan fingerprint density at radius 3 is 2.71 bits per heavy atom. The molecular formula is C15H21NO. The zero-order valence-corrected chi connectivity index (χ0v) is 11.1. The lowest BCUT2D eigenvalue weighted by Crippen LogP contribution is -2.29. The quantitative estimate of drug-likeness (QED) is 0.786. The van der Waals surface area contributed by atoms with Crippen LogP contribution in [-0.2, 0) is 0 Å². The van der Waals surface area contributed by atoms with Gasteiger partial charge in [-0.15, -0.1) is 6.42 Å². The summed E-state index contributed by atoms with van der Waals surface area (Å²) in [5.74, 6) is 3.66. The molecule has 1 N–H and O–H groups in total. The molecule has 17 heavy (non-hydrogen) atoms. The monoisotopic (exact) mass is 231 g/mol. The second-order valence-electron chi connectivity index (χ2n) is 4.26. The molecule has 2 heteroatoms. The van der Waals surface area contributed by atoms with Crippen LogP contribution in [0.25, 0.3) is 0 Å². The molecular weight excluding hydrogens is 210 g/mol. The van der Waals surface area contributed by atoms with Crippen molar-refractivity contribution in [2.75, 3.05) is 7.11 Å². The van der Waals surface area contributed by atoms with Crippen LogP contribution in [0.3, 0.4) is 0 Å². The number of terminal acetylenes is 1. The number of hydrogen-bond acceptors (Lipinski definition) is 2. The summed E-state index contributed by atoms with van der Waals surface area (Å²) in [5, 5.41) is 3.42. The zero-order chi connectivity index (χ0) is 12.8. The molecule has 0 fully saturated rings. The first-order valence-electron chi connectivity index (χ1n) is 5.99. The van der Waals surface area contributed by atoms with Gasteiger partial charge in [0.25, 0.3) is 0 Å². The van der Waals surface area contributed by atoms with Crippen LogP contribution in [0.1, 0.15) is 37.4 Å². The van der Waals surface area contributed by atoms with Gasteiger partial charge in [0.05, 0.1) is 13.2 Å². The first-order chi connectivity index (χ1) is 8.12. The van der Waals surface area contributed by atoms with E-state index < -0.39 is 0 Å². The molecule has 0 radical (unpaired) electrons. The highest BCUT2D eigenvalue weighted by Gasteiger charge is 2.14. The van der Waals surface area contributed by atoms with Crippen molar-refractivity contribution in [3.8, 4) is 18.1 Å². The van der Waals surface area contributed by atoms with E-state index in [1.807, 2.05) is 12.1 Å². The van der Waals surface area contributed by atoms with Crippen LogP contribution in [0.5, 0.6) is 5.75 Å². The molecule has 0 aliphatic rings. The Morgan fingerprint density at radius 2 is 2.18 bits per heavy atom. The van der Waals surface area contributed by atoms with Gasteiger partial charge in [-0.3, -0.25) is 5.32 Å². The highest BCUT2D eigenvalue weighted by Crippen LogP contribution is 2.26. The Labute approximate surface area is 104 Å². The predicted molar refractivity (Wildman–Crippen MR) is 72.2 cm³/mol. The first-order valence-corrected chi connectivity index (χ1v) is 5.99. The van der Waals surface area contributed by atoms with Crippen molar-refractivity contribution in [3.63, 3.8) is 0 Å². The Balaban J connectivity index is 2.91. The van der Waals surface area contributed by atoms with Crippen molar-refractivity contribution < 1.29 is 4.74 Å². The number of ether oxygens (including phenoxy) is 1. The molecule has 92 valence electrons. The van der Waals surface area contributed by atoms with Gasteiger partial charge in [0.1, 0.15) is 5.75 Å². The Bertz CT molecular complexity index is 406. The van der Waals surface area contributed by atoms with Crippen LogP contribution in [0, 0.1) is 19.3 Å². The molecule has 1 aromatic rings.